The van der Waals surface area contributed by atoms with E-state index in [1.165, 1.54) is 0 Å². The summed E-state index contributed by atoms with van der Waals surface area (Å²) in [6.45, 7) is 6.46. The molecule has 0 aromatic rings. The lowest BCUT2D eigenvalue weighted by atomic mass is 10.9. The third-order valence-corrected chi connectivity index (χ3v) is 6.72. The maximum Gasteiger partial charge on any atom is 0.288 e. The number of rotatable bonds is 5. The van der Waals surface area contributed by atoms with Crippen LogP contribution in [0.2, 0.25) is 18.1 Å². The van der Waals surface area contributed by atoms with Crippen molar-refractivity contribution in [3.8, 4) is 0 Å². The number of hydrogen-bond donors (Lipinski definition) is 0. The largest absolute Gasteiger partial charge is 0.445 e. The highest BCUT2D eigenvalue weighted by Gasteiger charge is 2.31. The van der Waals surface area contributed by atoms with Crippen LogP contribution >= 0.6 is 0 Å². The van der Waals surface area contributed by atoms with Crippen molar-refractivity contribution in [2.24, 2.45) is 4.53 Å². The quantitative estimate of drug-likeness (QED) is 0.475. The van der Waals surface area contributed by atoms with Gasteiger partial charge in [0.15, 0.2) is 0 Å². The molecule has 10 heavy (non-hydrogen) atoms. The van der Waals surface area contributed by atoms with Crippen LogP contribution in [-0.4, -0.2) is 8.32 Å². The Kier molecular flexibility index (Phi) is 4.81. The van der Waals surface area contributed by atoms with Crippen LogP contribution in [0.15, 0.2) is 4.53 Å². The second-order valence-corrected chi connectivity index (χ2v) is 7.23. The maximum absolute atomic E-state index is 5.26. The molecular formula is C6H15NOSSi. The van der Waals surface area contributed by atoms with Gasteiger partial charge in [-0.1, -0.05) is 20.8 Å². The predicted octanol–water partition coefficient (Wildman–Crippen LogP) is 2.65. The fraction of sp³-hybridized carbons (Fsp3) is 1.00. The first-order chi connectivity index (χ1) is 4.74. The topological polar surface area (TPSA) is 21.6 Å². The summed E-state index contributed by atoms with van der Waals surface area (Å²) in [5.41, 5.74) is 0. The van der Waals surface area contributed by atoms with E-state index in [1.807, 2.05) is 0 Å². The molecule has 0 N–H and O–H groups in total. The van der Waals surface area contributed by atoms with Crippen LogP contribution in [0.3, 0.4) is 0 Å². The zero-order valence-electron chi connectivity index (χ0n) is 6.89. The molecule has 0 saturated carbocycles. The lowest BCUT2D eigenvalue weighted by Gasteiger charge is -2.22. The molecule has 0 fully saturated rings. The minimum absolute atomic E-state index is 1.11. The standard InChI is InChI=1S/C6H15NOSSi/c1-4-10(5-2,6-3)8-7-9/h4-6H2,1-3H3. The van der Waals surface area contributed by atoms with E-state index in [1.54, 1.807) is 0 Å². The second-order valence-electron chi connectivity index (χ2n) is 2.41. The summed E-state index contributed by atoms with van der Waals surface area (Å²) in [4.78, 5) is 0. The SMILES string of the molecule is CC[Si](CC)(CC)ON=S. The molecule has 0 aliphatic rings. The van der Waals surface area contributed by atoms with Crippen molar-refractivity contribution in [2.75, 3.05) is 0 Å². The van der Waals surface area contributed by atoms with Crippen molar-refractivity contribution in [3.05, 3.63) is 0 Å². The maximum atomic E-state index is 5.26. The van der Waals surface area contributed by atoms with Gasteiger partial charge in [-0.15, -0.1) is 0 Å². The van der Waals surface area contributed by atoms with E-state index >= 15 is 0 Å². The predicted molar refractivity (Wildman–Crippen MR) is 48.1 cm³/mol. The summed E-state index contributed by atoms with van der Waals surface area (Å²) >= 11 is 4.44. The van der Waals surface area contributed by atoms with Gasteiger partial charge in [-0.25, -0.2) is 0 Å². The van der Waals surface area contributed by atoms with Crippen LogP contribution in [0.4, 0.5) is 0 Å². The van der Waals surface area contributed by atoms with Gasteiger partial charge in [-0.2, -0.15) is 0 Å². The normalized spacial score (nSPS) is 11.1. The summed E-state index contributed by atoms with van der Waals surface area (Å²) in [6.07, 6.45) is 0. The third kappa shape index (κ3) is 2.34. The molecular weight excluding hydrogens is 162 g/mol. The number of nitrogens with zero attached hydrogens (tertiary/aromatic N) is 1. The zero-order chi connectivity index (χ0) is 8.04. The minimum atomic E-state index is -1.49. The summed E-state index contributed by atoms with van der Waals surface area (Å²) in [5, 5.41) is 0. The number of hydrogen-bond acceptors (Lipinski definition) is 3. The Labute approximate surface area is 69.2 Å². The van der Waals surface area contributed by atoms with Crippen molar-refractivity contribution < 1.29 is 4.53 Å². The van der Waals surface area contributed by atoms with E-state index in [-0.39, 0.29) is 0 Å². The highest BCUT2D eigenvalue weighted by atomic mass is 32.1. The Morgan fingerprint density at radius 2 is 1.60 bits per heavy atom. The van der Waals surface area contributed by atoms with Gasteiger partial charge in [-0.05, 0) is 22.7 Å². The molecule has 0 aromatic carbocycles. The lowest BCUT2D eigenvalue weighted by Crippen LogP contribution is -2.33. The summed E-state index contributed by atoms with van der Waals surface area (Å²) in [5.74, 6) is 0. The van der Waals surface area contributed by atoms with Gasteiger partial charge in [0.25, 0.3) is 8.32 Å². The van der Waals surface area contributed by atoms with Gasteiger partial charge in [0.1, 0.15) is 0 Å². The highest BCUT2D eigenvalue weighted by molar-refractivity contribution is 7.47. The molecule has 0 aliphatic heterocycles. The Balaban J connectivity index is 4.00. The second kappa shape index (κ2) is 4.79. The fourth-order valence-electron chi connectivity index (χ4n) is 1.02. The molecule has 0 radical (unpaired) electrons. The van der Waals surface area contributed by atoms with E-state index in [0.717, 1.165) is 18.1 Å². The molecule has 0 aliphatic carbocycles. The van der Waals surface area contributed by atoms with Crippen LogP contribution < -0.4 is 0 Å². The van der Waals surface area contributed by atoms with Crippen molar-refractivity contribution in [2.45, 2.75) is 38.9 Å². The van der Waals surface area contributed by atoms with Crippen molar-refractivity contribution in [1.82, 2.24) is 0 Å². The summed E-state index contributed by atoms with van der Waals surface area (Å²) in [6, 6.07) is 3.33. The molecule has 0 amide bonds. The first kappa shape index (κ1) is 10.0. The average Bonchev–Trinajstić information content (AvgIpc) is 2.01. The Hall–Kier alpha value is 0.0369. The Bertz CT molecular complexity index is 97.7. The smallest absolute Gasteiger partial charge is 0.288 e. The van der Waals surface area contributed by atoms with Crippen molar-refractivity contribution in [3.63, 3.8) is 0 Å². The summed E-state index contributed by atoms with van der Waals surface area (Å²) in [7, 11) is -1.49. The van der Waals surface area contributed by atoms with Gasteiger partial charge < -0.3 is 4.53 Å². The Morgan fingerprint density at radius 1 is 1.20 bits per heavy atom. The van der Waals surface area contributed by atoms with Crippen LogP contribution in [0.1, 0.15) is 20.8 Å². The van der Waals surface area contributed by atoms with Gasteiger partial charge >= 0.3 is 0 Å². The van der Waals surface area contributed by atoms with Gasteiger partial charge in [0, 0.05) is 0 Å². The van der Waals surface area contributed by atoms with E-state index in [4.69, 9.17) is 4.53 Å². The van der Waals surface area contributed by atoms with Gasteiger partial charge in [-0.3, -0.25) is 0 Å². The fourth-order valence-corrected chi connectivity index (χ4v) is 3.54. The van der Waals surface area contributed by atoms with Crippen LogP contribution in [-0.2, 0) is 17.0 Å². The average molecular weight is 177 g/mol. The molecule has 0 unspecified atom stereocenters. The van der Waals surface area contributed by atoms with Crippen LogP contribution in [0.5, 0.6) is 0 Å². The molecule has 0 spiro atoms. The summed E-state index contributed by atoms with van der Waals surface area (Å²) < 4.78 is 8.62. The molecule has 2 nitrogen and oxygen atoms in total. The van der Waals surface area contributed by atoms with Crippen LogP contribution in [0, 0.1) is 0 Å². The monoisotopic (exact) mass is 177 g/mol. The van der Waals surface area contributed by atoms with Crippen molar-refractivity contribution in [1.29, 1.82) is 0 Å². The van der Waals surface area contributed by atoms with E-state index < -0.39 is 8.32 Å². The molecule has 60 valence electrons. The molecule has 0 aromatic heterocycles. The third-order valence-electron chi connectivity index (χ3n) is 2.16. The van der Waals surface area contributed by atoms with Crippen LogP contribution in [0.25, 0.3) is 0 Å². The first-order valence-electron chi connectivity index (χ1n) is 3.75. The zero-order valence-corrected chi connectivity index (χ0v) is 8.70. The first-order valence-corrected chi connectivity index (χ1v) is 6.65. The Morgan fingerprint density at radius 3 is 1.70 bits per heavy atom. The van der Waals surface area contributed by atoms with Crippen molar-refractivity contribution >= 4 is 20.7 Å². The molecule has 0 heterocycles. The molecule has 0 rings (SSSR count). The highest BCUT2D eigenvalue weighted by Crippen LogP contribution is 2.21. The van der Waals surface area contributed by atoms with Gasteiger partial charge in [0.05, 0.1) is 12.4 Å². The van der Waals surface area contributed by atoms with E-state index in [0.29, 0.717) is 0 Å². The van der Waals surface area contributed by atoms with E-state index in [9.17, 15) is 0 Å². The molecule has 4 heteroatoms. The van der Waals surface area contributed by atoms with Gasteiger partial charge in [0.2, 0.25) is 0 Å². The molecule has 0 atom stereocenters. The van der Waals surface area contributed by atoms with E-state index in [2.05, 4.69) is 37.7 Å². The molecule has 0 saturated heterocycles. The minimum Gasteiger partial charge on any atom is -0.445 e. The lowest BCUT2D eigenvalue weighted by molar-refractivity contribution is 0.332. The molecule has 0 bridgehead atoms.